The molecule has 0 aliphatic carbocycles. The lowest BCUT2D eigenvalue weighted by Gasteiger charge is -2.35. The predicted molar refractivity (Wildman–Crippen MR) is 66.9 cm³/mol. The molecule has 1 aromatic carbocycles. The van der Waals surface area contributed by atoms with E-state index in [1.807, 2.05) is 5.32 Å². The first-order chi connectivity index (χ1) is 10.2. The zero-order valence-corrected chi connectivity index (χ0v) is 11.3. The molecule has 1 aliphatic heterocycles. The minimum atomic E-state index is -5.24. The number of amides is 1. The van der Waals surface area contributed by atoms with Gasteiger partial charge in [-0.2, -0.15) is 13.2 Å². The second-order valence-electron chi connectivity index (χ2n) is 4.53. The molecule has 22 heavy (non-hydrogen) atoms. The number of alkyl halides is 3. The maximum atomic E-state index is 14.0. The molecular weight excluding hydrogens is 309 g/mol. The minimum Gasteiger partial charge on any atom is -0.415 e. The first-order valence-electron chi connectivity index (χ1n) is 6.28. The van der Waals surface area contributed by atoms with E-state index in [9.17, 15) is 26.7 Å². The van der Waals surface area contributed by atoms with Gasteiger partial charge in [-0.25, -0.2) is 13.6 Å². The van der Waals surface area contributed by atoms with Crippen LogP contribution >= 0.6 is 0 Å². The van der Waals surface area contributed by atoms with E-state index in [0.717, 1.165) is 6.07 Å². The van der Waals surface area contributed by atoms with Crippen molar-refractivity contribution in [2.75, 3.05) is 5.32 Å². The Bertz CT molecular complexity index is 674. The molecule has 1 atom stereocenters. The Hall–Kier alpha value is -2.30. The van der Waals surface area contributed by atoms with Crippen LogP contribution in [-0.2, 0) is 10.3 Å². The Morgan fingerprint density at radius 1 is 1.32 bits per heavy atom. The highest BCUT2D eigenvalue weighted by Crippen LogP contribution is 2.48. The molecule has 1 N–H and O–H groups in total. The molecule has 0 saturated carbocycles. The average molecular weight is 319 g/mol. The van der Waals surface area contributed by atoms with Gasteiger partial charge < -0.3 is 4.74 Å². The van der Waals surface area contributed by atoms with Crippen molar-refractivity contribution < 1.29 is 31.5 Å². The number of carbonyl (C=O) groups is 1. The van der Waals surface area contributed by atoms with E-state index in [-0.39, 0.29) is 6.42 Å². The monoisotopic (exact) mass is 319 g/mol. The number of benzene rings is 1. The zero-order valence-electron chi connectivity index (χ0n) is 11.3. The van der Waals surface area contributed by atoms with E-state index in [1.54, 1.807) is 12.8 Å². The van der Waals surface area contributed by atoms with Crippen molar-refractivity contribution in [3.8, 4) is 11.8 Å². The minimum absolute atomic E-state index is 0.0784. The number of cyclic esters (lactones) is 1. The highest BCUT2D eigenvalue weighted by Gasteiger charge is 2.63. The lowest BCUT2D eigenvalue weighted by atomic mass is 9.89. The topological polar surface area (TPSA) is 38.3 Å². The molecule has 1 aliphatic rings. The van der Waals surface area contributed by atoms with Crippen molar-refractivity contribution in [3.05, 3.63) is 29.3 Å². The molecule has 3 nitrogen and oxygen atoms in total. The molecule has 0 aromatic heterocycles. The van der Waals surface area contributed by atoms with Gasteiger partial charge in [-0.05, 0) is 24.5 Å². The normalized spacial score (nSPS) is 20.4. The molecule has 1 unspecified atom stereocenters. The van der Waals surface area contributed by atoms with Crippen molar-refractivity contribution >= 4 is 11.8 Å². The van der Waals surface area contributed by atoms with Crippen molar-refractivity contribution in [1.29, 1.82) is 0 Å². The fourth-order valence-electron chi connectivity index (χ4n) is 2.00. The van der Waals surface area contributed by atoms with Gasteiger partial charge in [0, 0.05) is 6.42 Å². The largest absolute Gasteiger partial charge is 0.445 e. The Morgan fingerprint density at radius 3 is 2.59 bits per heavy atom. The number of nitrogens with one attached hydrogen (secondary N) is 1. The number of unbranched alkanes of at least 4 members (excludes halogenated alkanes) is 1. The number of fused-ring (bicyclic) bond motifs is 1. The third-order valence-corrected chi connectivity index (χ3v) is 2.97. The lowest BCUT2D eigenvalue weighted by molar-refractivity contribution is -0.240. The van der Waals surface area contributed by atoms with Crippen LogP contribution < -0.4 is 5.32 Å². The third kappa shape index (κ3) is 2.47. The van der Waals surface area contributed by atoms with Crippen molar-refractivity contribution in [3.63, 3.8) is 0 Å². The van der Waals surface area contributed by atoms with E-state index in [2.05, 4.69) is 10.7 Å². The van der Waals surface area contributed by atoms with E-state index in [0.29, 0.717) is 12.5 Å². The smallest absolute Gasteiger partial charge is 0.415 e. The van der Waals surface area contributed by atoms with Gasteiger partial charge in [-0.3, -0.25) is 5.32 Å². The highest BCUT2D eigenvalue weighted by atomic mass is 19.4. The lowest BCUT2D eigenvalue weighted by Crippen LogP contribution is -2.50. The summed E-state index contributed by atoms with van der Waals surface area (Å²) in [4.78, 5) is 11.4. The van der Waals surface area contributed by atoms with Gasteiger partial charge in [-0.15, -0.1) is 0 Å². The first-order valence-corrected chi connectivity index (χ1v) is 6.28. The van der Waals surface area contributed by atoms with E-state index >= 15 is 0 Å². The summed E-state index contributed by atoms with van der Waals surface area (Å²) in [6, 6.07) is 1.44. The zero-order chi connectivity index (χ0) is 16.5. The summed E-state index contributed by atoms with van der Waals surface area (Å²) in [5, 5.41) is 1.91. The van der Waals surface area contributed by atoms with Gasteiger partial charge in [0.05, 0.1) is 11.3 Å². The fourth-order valence-corrected chi connectivity index (χ4v) is 2.00. The molecule has 0 fully saturated rings. The van der Waals surface area contributed by atoms with Gasteiger partial charge in [-0.1, -0.05) is 12.8 Å². The summed E-state index contributed by atoms with van der Waals surface area (Å²) in [5.41, 5.74) is -5.24. The fraction of sp³-hybridized carbons (Fsp3) is 0.357. The number of halogens is 5. The van der Waals surface area contributed by atoms with E-state index in [1.165, 1.54) is 0 Å². The number of hydrogen-bond donors (Lipinski definition) is 1. The van der Waals surface area contributed by atoms with E-state index in [4.69, 9.17) is 0 Å². The molecule has 1 aromatic rings. The van der Waals surface area contributed by atoms with Gasteiger partial charge in [0.1, 0.15) is 0 Å². The van der Waals surface area contributed by atoms with Crippen LogP contribution in [0.2, 0.25) is 0 Å². The van der Waals surface area contributed by atoms with Crippen LogP contribution in [0.3, 0.4) is 0 Å². The number of rotatable bonds is 1. The molecule has 118 valence electrons. The Balaban J connectivity index is 2.78. The SMILES string of the molecule is CCCC#CC1(C(F)(F)F)OC(=O)Nc2ccc(F)c(F)c21. The predicted octanol–water partition coefficient (Wildman–Crippen LogP) is 4.09. The highest BCUT2D eigenvalue weighted by molar-refractivity contribution is 5.89. The van der Waals surface area contributed by atoms with Crippen LogP contribution in [0.25, 0.3) is 0 Å². The summed E-state index contributed by atoms with van der Waals surface area (Å²) in [6.45, 7) is 1.68. The van der Waals surface area contributed by atoms with Crippen molar-refractivity contribution in [1.82, 2.24) is 0 Å². The second kappa shape index (κ2) is 5.48. The molecule has 0 bridgehead atoms. The number of anilines is 1. The summed E-state index contributed by atoms with van der Waals surface area (Å²) in [5.74, 6) is 0.703. The van der Waals surface area contributed by atoms with Crippen LogP contribution in [0.4, 0.5) is 32.4 Å². The molecule has 0 spiro atoms. The average Bonchev–Trinajstić information content (AvgIpc) is 2.41. The van der Waals surface area contributed by atoms with Crippen LogP contribution in [0.15, 0.2) is 12.1 Å². The number of carbonyl (C=O) groups excluding carboxylic acids is 1. The first kappa shape index (κ1) is 16.1. The maximum absolute atomic E-state index is 14.0. The van der Waals surface area contributed by atoms with Crippen LogP contribution in [0.5, 0.6) is 0 Å². The number of hydrogen-bond acceptors (Lipinski definition) is 2. The second-order valence-corrected chi connectivity index (χ2v) is 4.53. The Morgan fingerprint density at radius 2 is 2.00 bits per heavy atom. The van der Waals surface area contributed by atoms with Gasteiger partial charge in [0.25, 0.3) is 5.60 Å². The summed E-state index contributed by atoms with van der Waals surface area (Å²) < 4.78 is 72.1. The number of ether oxygens (including phenoxy) is 1. The quantitative estimate of drug-likeness (QED) is 0.625. The Kier molecular flexibility index (Phi) is 4.00. The summed E-state index contributed by atoms with van der Waals surface area (Å²) >= 11 is 0. The molecule has 1 amide bonds. The van der Waals surface area contributed by atoms with E-state index < -0.39 is 40.8 Å². The standard InChI is InChI=1S/C14H10F5NO2/c1-2-3-4-7-13(14(17,18)19)10-9(20-12(21)22-13)6-5-8(15)11(10)16/h5-6H,2-3H2,1H3,(H,20,21). The van der Waals surface area contributed by atoms with Crippen LogP contribution in [0.1, 0.15) is 25.3 Å². The Labute approximate surface area is 122 Å². The molecule has 8 heteroatoms. The molecular formula is C14H10F5NO2. The summed E-state index contributed by atoms with van der Waals surface area (Å²) in [7, 11) is 0. The van der Waals surface area contributed by atoms with Crippen LogP contribution in [0, 0.1) is 23.5 Å². The van der Waals surface area contributed by atoms with Gasteiger partial charge in [0.15, 0.2) is 11.6 Å². The molecule has 2 rings (SSSR count). The molecule has 0 saturated heterocycles. The molecule has 0 radical (unpaired) electrons. The van der Waals surface area contributed by atoms with Crippen LogP contribution in [-0.4, -0.2) is 12.3 Å². The maximum Gasteiger partial charge on any atom is 0.445 e. The van der Waals surface area contributed by atoms with Crippen molar-refractivity contribution in [2.24, 2.45) is 0 Å². The van der Waals surface area contributed by atoms with Gasteiger partial charge in [0.2, 0.25) is 0 Å². The summed E-state index contributed by atoms with van der Waals surface area (Å²) in [6.07, 6.45) is -6.16. The third-order valence-electron chi connectivity index (χ3n) is 2.97. The molecule has 1 heterocycles. The van der Waals surface area contributed by atoms with Gasteiger partial charge >= 0.3 is 12.3 Å². The van der Waals surface area contributed by atoms with Crippen molar-refractivity contribution in [2.45, 2.75) is 31.5 Å².